The van der Waals surface area contributed by atoms with Gasteiger partial charge >= 0.3 is 0 Å². The number of nitrogens with zero attached hydrogens (tertiary/aromatic N) is 1. The summed E-state index contributed by atoms with van der Waals surface area (Å²) in [6.45, 7) is 0.267. The molecule has 1 aromatic carbocycles. The number of halogens is 1. The van der Waals surface area contributed by atoms with Crippen molar-refractivity contribution < 1.29 is 18.0 Å². The molecule has 1 fully saturated rings. The minimum atomic E-state index is -2.90. The van der Waals surface area contributed by atoms with Gasteiger partial charge in [0, 0.05) is 18.2 Å². The van der Waals surface area contributed by atoms with E-state index in [9.17, 15) is 12.8 Å². The molecule has 6 nitrogen and oxygen atoms in total. The molecule has 21 heavy (non-hydrogen) atoms. The Hall–Kier alpha value is -1.67. The van der Waals surface area contributed by atoms with E-state index in [2.05, 4.69) is 10.5 Å². The minimum Gasteiger partial charge on any atom is -0.409 e. The molecule has 1 aliphatic heterocycles. The zero-order valence-corrected chi connectivity index (χ0v) is 12.2. The number of sulfone groups is 1. The number of hydrogen-bond acceptors (Lipinski definition) is 5. The number of benzene rings is 1. The molecule has 1 aromatic rings. The summed E-state index contributed by atoms with van der Waals surface area (Å²) in [7, 11) is -2.90. The molecule has 116 valence electrons. The van der Waals surface area contributed by atoms with E-state index < -0.39 is 15.7 Å². The first kappa shape index (κ1) is 15.7. The lowest BCUT2D eigenvalue weighted by atomic mass is 10.1. The van der Waals surface area contributed by atoms with Crippen LogP contribution in [0.5, 0.6) is 0 Å². The maximum absolute atomic E-state index is 14.2. The molecule has 0 amide bonds. The van der Waals surface area contributed by atoms with E-state index in [4.69, 9.17) is 10.9 Å². The van der Waals surface area contributed by atoms with Crippen LogP contribution in [0, 0.1) is 5.82 Å². The molecule has 0 unspecified atom stereocenters. The van der Waals surface area contributed by atoms with Gasteiger partial charge in [-0.1, -0.05) is 17.3 Å². The third-order valence-electron chi connectivity index (χ3n) is 3.60. The molecule has 1 heterocycles. The maximum Gasteiger partial charge on any atom is 0.173 e. The van der Waals surface area contributed by atoms with Gasteiger partial charge in [0.25, 0.3) is 0 Å². The van der Waals surface area contributed by atoms with Crippen LogP contribution in [0.4, 0.5) is 4.39 Å². The topological polar surface area (TPSA) is 105 Å². The van der Waals surface area contributed by atoms with Gasteiger partial charge in [0.2, 0.25) is 0 Å². The van der Waals surface area contributed by atoms with Crippen molar-refractivity contribution in [2.45, 2.75) is 25.4 Å². The van der Waals surface area contributed by atoms with Crippen LogP contribution in [-0.2, 0) is 16.4 Å². The Morgan fingerprint density at radius 3 is 2.71 bits per heavy atom. The normalized spacial score (nSPS) is 19.6. The van der Waals surface area contributed by atoms with Crippen molar-refractivity contribution in [1.82, 2.24) is 5.32 Å². The van der Waals surface area contributed by atoms with E-state index in [0.717, 1.165) is 0 Å². The van der Waals surface area contributed by atoms with Crippen LogP contribution in [0.1, 0.15) is 24.0 Å². The highest BCUT2D eigenvalue weighted by Crippen LogP contribution is 2.16. The average molecular weight is 315 g/mol. The monoisotopic (exact) mass is 315 g/mol. The number of hydrogen-bond donors (Lipinski definition) is 3. The summed E-state index contributed by atoms with van der Waals surface area (Å²) in [5.41, 5.74) is 5.85. The summed E-state index contributed by atoms with van der Waals surface area (Å²) in [4.78, 5) is 0. The van der Waals surface area contributed by atoms with Gasteiger partial charge in [-0.05, 0) is 18.9 Å². The summed E-state index contributed by atoms with van der Waals surface area (Å²) < 4.78 is 36.9. The van der Waals surface area contributed by atoms with Gasteiger partial charge in [-0.15, -0.1) is 0 Å². The number of nitrogens with one attached hydrogen (secondary N) is 1. The van der Waals surface area contributed by atoms with E-state index in [1.54, 1.807) is 12.1 Å². The molecule has 0 aliphatic carbocycles. The van der Waals surface area contributed by atoms with Crippen LogP contribution in [-0.4, -0.2) is 37.0 Å². The molecule has 1 aliphatic rings. The Morgan fingerprint density at radius 2 is 2.10 bits per heavy atom. The molecule has 0 atom stereocenters. The summed E-state index contributed by atoms with van der Waals surface area (Å²) >= 11 is 0. The van der Waals surface area contributed by atoms with Gasteiger partial charge in [-0.2, -0.15) is 0 Å². The third-order valence-corrected chi connectivity index (χ3v) is 5.31. The third kappa shape index (κ3) is 3.92. The molecule has 4 N–H and O–H groups in total. The van der Waals surface area contributed by atoms with Crippen LogP contribution < -0.4 is 11.1 Å². The Balaban J connectivity index is 2.01. The van der Waals surface area contributed by atoms with Crippen LogP contribution in [0.3, 0.4) is 0 Å². The molecular formula is C13H18FN3O3S. The van der Waals surface area contributed by atoms with Crippen molar-refractivity contribution in [2.24, 2.45) is 10.9 Å². The molecule has 8 heteroatoms. The Kier molecular flexibility index (Phi) is 4.79. The second-order valence-electron chi connectivity index (χ2n) is 5.07. The quantitative estimate of drug-likeness (QED) is 0.326. The fourth-order valence-electron chi connectivity index (χ4n) is 2.32. The smallest absolute Gasteiger partial charge is 0.173 e. The van der Waals surface area contributed by atoms with E-state index >= 15 is 0 Å². The van der Waals surface area contributed by atoms with Gasteiger partial charge in [0.15, 0.2) is 5.84 Å². The molecule has 2 rings (SSSR count). The second kappa shape index (κ2) is 6.40. The first-order valence-corrected chi connectivity index (χ1v) is 8.44. The van der Waals surface area contributed by atoms with Gasteiger partial charge in [0.1, 0.15) is 15.7 Å². The van der Waals surface area contributed by atoms with Gasteiger partial charge in [-0.3, -0.25) is 0 Å². The standard InChI is InChI=1S/C13H18FN3O3S/c14-12-9(2-1-3-11(12)13(15)17-18)8-16-10-4-6-21(19,20)7-5-10/h1-3,10,16,18H,4-8H2,(H2,15,17). The highest BCUT2D eigenvalue weighted by atomic mass is 32.2. The summed E-state index contributed by atoms with van der Waals surface area (Å²) in [5.74, 6) is -0.490. The van der Waals surface area contributed by atoms with Crippen LogP contribution >= 0.6 is 0 Å². The number of rotatable bonds is 4. The number of oxime groups is 1. The first-order chi connectivity index (χ1) is 9.93. The van der Waals surface area contributed by atoms with Crippen molar-refractivity contribution in [1.29, 1.82) is 0 Å². The predicted octanol–water partition coefficient (Wildman–Crippen LogP) is 0.587. The van der Waals surface area contributed by atoms with Gasteiger partial charge in [0.05, 0.1) is 17.1 Å². The van der Waals surface area contributed by atoms with E-state index in [1.165, 1.54) is 6.07 Å². The molecular weight excluding hydrogens is 297 g/mol. The van der Waals surface area contributed by atoms with Crippen molar-refractivity contribution in [2.75, 3.05) is 11.5 Å². The lowest BCUT2D eigenvalue weighted by Gasteiger charge is -2.23. The lowest BCUT2D eigenvalue weighted by Crippen LogP contribution is -2.37. The zero-order chi connectivity index (χ0) is 15.5. The largest absolute Gasteiger partial charge is 0.409 e. The van der Waals surface area contributed by atoms with Crippen molar-refractivity contribution in [3.63, 3.8) is 0 Å². The number of nitrogens with two attached hydrogens (primary N) is 1. The van der Waals surface area contributed by atoms with Crippen LogP contribution in [0.25, 0.3) is 0 Å². The van der Waals surface area contributed by atoms with Gasteiger partial charge in [-0.25, -0.2) is 12.8 Å². The molecule has 0 radical (unpaired) electrons. The average Bonchev–Trinajstić information content (AvgIpc) is 2.46. The van der Waals surface area contributed by atoms with E-state index in [0.29, 0.717) is 18.4 Å². The second-order valence-corrected chi connectivity index (χ2v) is 7.37. The van der Waals surface area contributed by atoms with Crippen molar-refractivity contribution >= 4 is 15.7 Å². The van der Waals surface area contributed by atoms with E-state index in [-0.39, 0.29) is 35.5 Å². The molecule has 1 saturated heterocycles. The van der Waals surface area contributed by atoms with E-state index in [1.807, 2.05) is 0 Å². The highest BCUT2D eigenvalue weighted by Gasteiger charge is 2.23. The predicted molar refractivity (Wildman–Crippen MR) is 77.4 cm³/mol. The fourth-order valence-corrected chi connectivity index (χ4v) is 3.81. The van der Waals surface area contributed by atoms with Crippen molar-refractivity contribution in [3.8, 4) is 0 Å². The maximum atomic E-state index is 14.2. The number of amidine groups is 1. The van der Waals surface area contributed by atoms with Gasteiger partial charge < -0.3 is 16.3 Å². The summed E-state index contributed by atoms with van der Waals surface area (Å²) in [5, 5.41) is 14.6. The lowest BCUT2D eigenvalue weighted by molar-refractivity contribution is 0.318. The van der Waals surface area contributed by atoms with Crippen molar-refractivity contribution in [3.05, 3.63) is 35.1 Å². The highest BCUT2D eigenvalue weighted by molar-refractivity contribution is 7.91. The Morgan fingerprint density at radius 1 is 1.43 bits per heavy atom. The SMILES string of the molecule is N/C(=N/O)c1cccc(CNC2CCS(=O)(=O)CC2)c1F. The molecule has 0 spiro atoms. The summed E-state index contributed by atoms with van der Waals surface area (Å²) in [6.07, 6.45) is 1.06. The fraction of sp³-hybridized carbons (Fsp3) is 0.462. The molecule has 0 saturated carbocycles. The zero-order valence-electron chi connectivity index (χ0n) is 11.4. The Labute approximate surface area is 122 Å². The van der Waals surface area contributed by atoms with Crippen LogP contribution in [0.15, 0.2) is 23.4 Å². The molecule has 0 aromatic heterocycles. The first-order valence-electron chi connectivity index (χ1n) is 6.62. The Bertz CT molecular complexity index is 632. The minimum absolute atomic E-state index is 0.0445. The van der Waals surface area contributed by atoms with Crippen LogP contribution in [0.2, 0.25) is 0 Å². The summed E-state index contributed by atoms with van der Waals surface area (Å²) in [6, 6.07) is 4.72. The molecule has 0 bridgehead atoms.